The van der Waals surface area contributed by atoms with Crippen molar-refractivity contribution in [3.05, 3.63) is 60.3 Å². The second kappa shape index (κ2) is 8.62. The molecular weight excluding hydrogens is 466 g/mol. The molecule has 8 nitrogen and oxygen atoms in total. The highest BCUT2D eigenvalue weighted by Crippen LogP contribution is 2.39. The lowest BCUT2D eigenvalue weighted by atomic mass is 10.0. The van der Waals surface area contributed by atoms with Crippen molar-refractivity contribution >= 4 is 27.6 Å². The fourth-order valence-electron chi connectivity index (χ4n) is 4.01. The van der Waals surface area contributed by atoms with Crippen molar-refractivity contribution in [2.75, 3.05) is 18.5 Å². The van der Waals surface area contributed by atoms with Gasteiger partial charge >= 0.3 is 6.18 Å². The van der Waals surface area contributed by atoms with Gasteiger partial charge in [-0.05, 0) is 25.1 Å². The van der Waals surface area contributed by atoms with E-state index in [-0.39, 0.29) is 18.7 Å². The van der Waals surface area contributed by atoms with Gasteiger partial charge in [0.15, 0.2) is 5.69 Å². The van der Waals surface area contributed by atoms with Crippen LogP contribution in [0.1, 0.15) is 18.4 Å². The summed E-state index contributed by atoms with van der Waals surface area (Å²) in [6, 6.07) is 3.51. The number of anilines is 1. The number of hydrogen-bond donors (Lipinski definition) is 3. The lowest BCUT2D eigenvalue weighted by molar-refractivity contribution is -0.141. The van der Waals surface area contributed by atoms with Crippen LogP contribution in [0.4, 0.5) is 23.2 Å². The van der Waals surface area contributed by atoms with Gasteiger partial charge in [-0.25, -0.2) is 24.0 Å². The van der Waals surface area contributed by atoms with Crippen LogP contribution in [-0.4, -0.2) is 48.0 Å². The molecule has 0 fully saturated rings. The van der Waals surface area contributed by atoms with Gasteiger partial charge in [0.1, 0.15) is 17.3 Å². The van der Waals surface area contributed by atoms with Crippen LogP contribution in [0.5, 0.6) is 0 Å². The zero-order valence-electron chi connectivity index (χ0n) is 18.4. The van der Waals surface area contributed by atoms with Gasteiger partial charge in [-0.15, -0.1) is 0 Å². The molecule has 12 heteroatoms. The maximum atomic E-state index is 14.6. The Kier molecular flexibility index (Phi) is 5.59. The predicted octanol–water partition coefficient (Wildman–Crippen LogP) is 4.48. The number of pyridine rings is 1. The zero-order valence-corrected chi connectivity index (χ0v) is 18.4. The summed E-state index contributed by atoms with van der Waals surface area (Å²) < 4.78 is 55.8. The molecular formula is C23H19F4N7O. The van der Waals surface area contributed by atoms with E-state index in [4.69, 9.17) is 5.11 Å². The van der Waals surface area contributed by atoms with Gasteiger partial charge < -0.3 is 15.4 Å². The second-order valence-corrected chi connectivity index (χ2v) is 7.78. The smallest absolute Gasteiger partial charge is 0.396 e. The molecule has 0 bridgehead atoms. The highest BCUT2D eigenvalue weighted by molar-refractivity contribution is 6.15. The summed E-state index contributed by atoms with van der Waals surface area (Å²) in [5, 5.41) is 16.8. The topological polar surface area (TPSA) is 105 Å². The maximum Gasteiger partial charge on any atom is 0.435 e. The van der Waals surface area contributed by atoms with E-state index in [9.17, 15) is 17.6 Å². The number of halogens is 4. The lowest BCUT2D eigenvalue weighted by Crippen LogP contribution is -2.08. The molecule has 0 amide bonds. The van der Waals surface area contributed by atoms with Crippen molar-refractivity contribution < 1.29 is 22.7 Å². The molecule has 0 aliphatic carbocycles. The fraction of sp³-hybridized carbons (Fsp3) is 0.217. The molecule has 0 radical (unpaired) electrons. The maximum absolute atomic E-state index is 14.6. The molecule has 0 aliphatic rings. The van der Waals surface area contributed by atoms with E-state index in [0.29, 0.717) is 51.1 Å². The fourth-order valence-corrected chi connectivity index (χ4v) is 4.01. The van der Waals surface area contributed by atoms with Crippen molar-refractivity contribution in [3.63, 3.8) is 0 Å². The van der Waals surface area contributed by atoms with Crippen molar-refractivity contribution in [3.8, 4) is 16.8 Å². The van der Waals surface area contributed by atoms with Crippen molar-refractivity contribution in [2.24, 2.45) is 0 Å². The highest BCUT2D eigenvalue weighted by atomic mass is 19.4. The predicted molar refractivity (Wildman–Crippen MR) is 122 cm³/mol. The molecule has 0 saturated carbocycles. The third kappa shape index (κ3) is 4.05. The van der Waals surface area contributed by atoms with Crippen LogP contribution in [-0.2, 0) is 12.6 Å². The standard InChI is InChI=1S/C23H19F4N7O/c1-2-28-16-8-13(24)7-14-19-21(34-5-3-17(33-34)23(25,26)27)15(11-31-22(19)32-20(14)16)12-9-29-18(4-6-35)30-10-12/h3,5,7-11,28,35H,2,4,6H2,1H3,(H,31,32). The quantitative estimate of drug-likeness (QED) is 0.306. The highest BCUT2D eigenvalue weighted by Gasteiger charge is 2.34. The molecule has 0 aliphatic heterocycles. The number of aromatic amines is 1. The summed E-state index contributed by atoms with van der Waals surface area (Å²) in [6.07, 6.45) is 1.29. The first-order valence-corrected chi connectivity index (χ1v) is 10.7. The Balaban J connectivity index is 1.83. The van der Waals surface area contributed by atoms with Crippen molar-refractivity contribution in [2.45, 2.75) is 19.5 Å². The van der Waals surface area contributed by atoms with Crippen LogP contribution >= 0.6 is 0 Å². The first-order chi connectivity index (χ1) is 16.8. The van der Waals surface area contributed by atoms with E-state index in [1.54, 1.807) is 0 Å². The molecule has 180 valence electrons. The number of nitrogens with zero attached hydrogens (tertiary/aromatic N) is 5. The Hall–Kier alpha value is -4.06. The number of fused-ring (bicyclic) bond motifs is 3. The zero-order chi connectivity index (χ0) is 24.7. The largest absolute Gasteiger partial charge is 0.435 e. The van der Waals surface area contributed by atoms with E-state index in [2.05, 4.69) is 30.4 Å². The number of aromatic nitrogens is 6. The molecule has 5 aromatic rings. The molecule has 0 saturated heterocycles. The summed E-state index contributed by atoms with van der Waals surface area (Å²) in [5.74, 6) is -0.103. The average molecular weight is 485 g/mol. The number of benzene rings is 1. The van der Waals surface area contributed by atoms with Crippen molar-refractivity contribution in [1.29, 1.82) is 0 Å². The second-order valence-electron chi connectivity index (χ2n) is 7.78. The Morgan fingerprint density at radius 3 is 2.54 bits per heavy atom. The van der Waals surface area contributed by atoms with E-state index >= 15 is 0 Å². The molecule has 4 heterocycles. The molecule has 4 aromatic heterocycles. The Morgan fingerprint density at radius 1 is 1.11 bits per heavy atom. The molecule has 35 heavy (non-hydrogen) atoms. The third-order valence-electron chi connectivity index (χ3n) is 5.49. The molecule has 3 N–H and O–H groups in total. The van der Waals surface area contributed by atoms with E-state index in [1.165, 1.54) is 36.9 Å². The van der Waals surface area contributed by atoms with Crippen LogP contribution in [0.3, 0.4) is 0 Å². The van der Waals surface area contributed by atoms with Crippen molar-refractivity contribution in [1.82, 2.24) is 29.7 Å². The van der Waals surface area contributed by atoms with Gasteiger partial charge in [-0.2, -0.15) is 18.3 Å². The number of H-pyrrole nitrogens is 1. The lowest BCUT2D eigenvalue weighted by Gasteiger charge is -2.12. The number of hydrogen-bond acceptors (Lipinski definition) is 6. The van der Waals surface area contributed by atoms with Gasteiger partial charge in [0, 0.05) is 54.3 Å². The summed E-state index contributed by atoms with van der Waals surface area (Å²) in [6.45, 7) is 2.27. The SMILES string of the molecule is CCNc1cc(F)cc2c1[nH]c1ncc(-c3cnc(CCO)nc3)c(-n3ccc(C(F)(F)F)n3)c12. The average Bonchev–Trinajstić information content (AvgIpc) is 3.45. The number of alkyl halides is 3. The van der Waals surface area contributed by atoms with E-state index < -0.39 is 17.7 Å². The van der Waals surface area contributed by atoms with Crippen LogP contribution < -0.4 is 5.32 Å². The van der Waals surface area contributed by atoms with Gasteiger partial charge in [0.05, 0.1) is 28.9 Å². The van der Waals surface area contributed by atoms with Crippen LogP contribution in [0.15, 0.2) is 43.0 Å². The minimum atomic E-state index is -4.64. The minimum Gasteiger partial charge on any atom is -0.396 e. The molecule has 0 spiro atoms. The molecule has 0 atom stereocenters. The third-order valence-corrected chi connectivity index (χ3v) is 5.49. The number of aliphatic hydroxyl groups is 1. The molecule has 1 aromatic carbocycles. The van der Waals surface area contributed by atoms with Gasteiger partial charge in [-0.3, -0.25) is 0 Å². The first kappa shape index (κ1) is 22.7. The normalized spacial score (nSPS) is 12.1. The number of rotatable bonds is 6. The summed E-state index contributed by atoms with van der Waals surface area (Å²) >= 11 is 0. The summed E-state index contributed by atoms with van der Waals surface area (Å²) in [4.78, 5) is 16.0. The summed E-state index contributed by atoms with van der Waals surface area (Å²) in [5.41, 5.74) is 1.49. The van der Waals surface area contributed by atoms with Crippen LogP contribution in [0, 0.1) is 5.82 Å². The Morgan fingerprint density at radius 2 is 1.89 bits per heavy atom. The van der Waals surface area contributed by atoms with E-state index in [1.807, 2.05) is 6.92 Å². The number of aliphatic hydroxyl groups excluding tert-OH is 1. The van der Waals surface area contributed by atoms with Crippen LogP contribution in [0.25, 0.3) is 38.8 Å². The summed E-state index contributed by atoms with van der Waals surface area (Å²) in [7, 11) is 0. The van der Waals surface area contributed by atoms with E-state index in [0.717, 1.165) is 10.7 Å². The van der Waals surface area contributed by atoms with Gasteiger partial charge in [0.25, 0.3) is 0 Å². The minimum absolute atomic E-state index is 0.124. The monoisotopic (exact) mass is 485 g/mol. The number of nitrogens with one attached hydrogen (secondary N) is 2. The Labute approximate surface area is 195 Å². The van der Waals surface area contributed by atoms with Gasteiger partial charge in [-0.1, -0.05) is 0 Å². The molecule has 0 unspecified atom stereocenters. The Bertz CT molecular complexity index is 1520. The first-order valence-electron chi connectivity index (χ1n) is 10.7. The molecule has 5 rings (SSSR count). The van der Waals surface area contributed by atoms with Gasteiger partial charge in [0.2, 0.25) is 0 Å². The van der Waals surface area contributed by atoms with Crippen LogP contribution in [0.2, 0.25) is 0 Å².